The smallest absolute Gasteiger partial charge is 0.252 e. The monoisotopic (exact) mass is 315 g/mol. The normalized spacial score (nSPS) is 17.4. The zero-order valence-electron chi connectivity index (χ0n) is 9.72. The first kappa shape index (κ1) is 12.9. The first-order valence-corrected chi connectivity index (χ1v) is 7.04. The molecule has 17 heavy (non-hydrogen) atoms. The Kier molecular flexibility index (Phi) is 3.79. The SMILES string of the molecule is Cc1ccc(Br)cc1C(=O)NC1(CCl)CCC1. The lowest BCUT2D eigenvalue weighted by molar-refractivity contribution is 0.0853. The van der Waals surface area contributed by atoms with Gasteiger partial charge in [0.1, 0.15) is 0 Å². The summed E-state index contributed by atoms with van der Waals surface area (Å²) < 4.78 is 0.918. The van der Waals surface area contributed by atoms with Crippen molar-refractivity contribution in [2.24, 2.45) is 0 Å². The standard InChI is InChI=1S/C13H15BrClNO/c1-9-3-4-10(14)7-11(9)12(17)16-13(8-15)5-2-6-13/h3-4,7H,2,5-6,8H2,1H3,(H,16,17). The molecule has 4 heteroatoms. The fourth-order valence-corrected chi connectivity index (χ4v) is 2.74. The number of nitrogens with one attached hydrogen (secondary N) is 1. The van der Waals surface area contributed by atoms with Gasteiger partial charge in [0.15, 0.2) is 0 Å². The summed E-state index contributed by atoms with van der Waals surface area (Å²) in [7, 11) is 0. The molecule has 0 bridgehead atoms. The van der Waals surface area contributed by atoms with Crippen LogP contribution in [0.2, 0.25) is 0 Å². The molecule has 1 aromatic carbocycles. The summed E-state index contributed by atoms with van der Waals surface area (Å²) in [4.78, 5) is 12.2. The van der Waals surface area contributed by atoms with E-state index in [9.17, 15) is 4.79 Å². The molecule has 1 aromatic rings. The highest BCUT2D eigenvalue weighted by Crippen LogP contribution is 2.33. The average Bonchev–Trinajstić information content (AvgIpc) is 2.26. The molecular weight excluding hydrogens is 302 g/mol. The van der Waals surface area contributed by atoms with Crippen molar-refractivity contribution in [3.63, 3.8) is 0 Å². The Hall–Kier alpha value is -0.540. The molecule has 1 saturated carbocycles. The van der Waals surface area contributed by atoms with Gasteiger partial charge in [0, 0.05) is 15.9 Å². The van der Waals surface area contributed by atoms with E-state index >= 15 is 0 Å². The van der Waals surface area contributed by atoms with Crippen LogP contribution in [0, 0.1) is 6.92 Å². The quantitative estimate of drug-likeness (QED) is 0.847. The lowest BCUT2D eigenvalue weighted by Crippen LogP contribution is -2.55. The second-order valence-electron chi connectivity index (χ2n) is 4.68. The number of amides is 1. The van der Waals surface area contributed by atoms with E-state index in [0.29, 0.717) is 5.88 Å². The second kappa shape index (κ2) is 4.99. The van der Waals surface area contributed by atoms with E-state index in [4.69, 9.17) is 11.6 Å². The van der Waals surface area contributed by atoms with Gasteiger partial charge >= 0.3 is 0 Å². The molecule has 92 valence electrons. The number of alkyl halides is 1. The van der Waals surface area contributed by atoms with Gasteiger partial charge in [-0.2, -0.15) is 0 Å². The van der Waals surface area contributed by atoms with Crippen molar-refractivity contribution < 1.29 is 4.79 Å². The molecule has 1 N–H and O–H groups in total. The minimum absolute atomic E-state index is 0.0239. The van der Waals surface area contributed by atoms with E-state index in [1.165, 1.54) is 0 Å². The Morgan fingerprint density at radius 3 is 2.76 bits per heavy atom. The van der Waals surface area contributed by atoms with Gasteiger partial charge in [-0.1, -0.05) is 22.0 Å². The van der Waals surface area contributed by atoms with Crippen LogP contribution in [0.5, 0.6) is 0 Å². The third-order valence-electron chi connectivity index (χ3n) is 3.39. The largest absolute Gasteiger partial charge is 0.345 e. The second-order valence-corrected chi connectivity index (χ2v) is 5.86. The van der Waals surface area contributed by atoms with Crippen LogP contribution in [-0.4, -0.2) is 17.3 Å². The minimum atomic E-state index is -0.173. The lowest BCUT2D eigenvalue weighted by atomic mass is 9.78. The summed E-state index contributed by atoms with van der Waals surface area (Å²) >= 11 is 9.33. The van der Waals surface area contributed by atoms with Crippen LogP contribution in [0.3, 0.4) is 0 Å². The molecule has 0 spiro atoms. The van der Waals surface area contributed by atoms with Crippen molar-refractivity contribution in [3.8, 4) is 0 Å². The summed E-state index contributed by atoms with van der Waals surface area (Å²) in [5.41, 5.74) is 1.53. The fraction of sp³-hybridized carbons (Fsp3) is 0.462. The van der Waals surface area contributed by atoms with Crippen molar-refractivity contribution in [2.75, 3.05) is 5.88 Å². The Labute approximate surface area is 115 Å². The molecule has 1 aliphatic rings. The number of rotatable bonds is 3. The number of hydrogen-bond donors (Lipinski definition) is 1. The average molecular weight is 317 g/mol. The van der Waals surface area contributed by atoms with Crippen LogP contribution in [-0.2, 0) is 0 Å². The molecule has 2 rings (SSSR count). The van der Waals surface area contributed by atoms with Gasteiger partial charge in [0.2, 0.25) is 0 Å². The van der Waals surface area contributed by atoms with Crippen LogP contribution >= 0.6 is 27.5 Å². The molecular formula is C13H15BrClNO. The van der Waals surface area contributed by atoms with Gasteiger partial charge < -0.3 is 5.32 Å². The van der Waals surface area contributed by atoms with Gasteiger partial charge in [0.25, 0.3) is 5.91 Å². The molecule has 0 unspecified atom stereocenters. The highest BCUT2D eigenvalue weighted by molar-refractivity contribution is 9.10. The van der Waals surface area contributed by atoms with E-state index in [0.717, 1.165) is 34.9 Å². The Bertz CT molecular complexity index is 438. The van der Waals surface area contributed by atoms with Gasteiger partial charge in [-0.15, -0.1) is 11.6 Å². The lowest BCUT2D eigenvalue weighted by Gasteiger charge is -2.41. The van der Waals surface area contributed by atoms with Gasteiger partial charge in [0.05, 0.1) is 5.54 Å². The number of hydrogen-bond acceptors (Lipinski definition) is 1. The highest BCUT2D eigenvalue weighted by atomic mass is 79.9. The summed E-state index contributed by atoms with van der Waals surface area (Å²) in [5, 5.41) is 3.07. The zero-order chi connectivity index (χ0) is 12.5. The van der Waals surface area contributed by atoms with E-state index in [1.54, 1.807) is 0 Å². The molecule has 1 amide bonds. The number of benzene rings is 1. The summed E-state index contributed by atoms with van der Waals surface area (Å²) in [5.74, 6) is 0.468. The number of carbonyl (C=O) groups is 1. The first-order chi connectivity index (χ1) is 8.06. The molecule has 1 fully saturated rings. The molecule has 0 aromatic heterocycles. The Morgan fingerprint density at radius 1 is 1.53 bits per heavy atom. The van der Waals surface area contributed by atoms with Crippen molar-refractivity contribution in [1.82, 2.24) is 5.32 Å². The maximum absolute atomic E-state index is 12.2. The predicted octanol–water partition coefficient (Wildman–Crippen LogP) is 3.65. The third-order valence-corrected chi connectivity index (χ3v) is 4.39. The fourth-order valence-electron chi connectivity index (χ4n) is 2.04. The summed E-state index contributed by atoms with van der Waals surface area (Å²) in [6.45, 7) is 1.94. The maximum Gasteiger partial charge on any atom is 0.252 e. The molecule has 0 radical (unpaired) electrons. The van der Waals surface area contributed by atoms with Gasteiger partial charge in [-0.25, -0.2) is 0 Å². The highest BCUT2D eigenvalue weighted by Gasteiger charge is 2.37. The first-order valence-electron chi connectivity index (χ1n) is 5.71. The third kappa shape index (κ3) is 2.66. The molecule has 0 aliphatic heterocycles. The zero-order valence-corrected chi connectivity index (χ0v) is 12.1. The Balaban J connectivity index is 2.17. The van der Waals surface area contributed by atoms with E-state index in [1.807, 2.05) is 25.1 Å². The molecule has 0 saturated heterocycles. The van der Waals surface area contributed by atoms with Crippen molar-refractivity contribution in [1.29, 1.82) is 0 Å². The Morgan fingerprint density at radius 2 is 2.24 bits per heavy atom. The van der Waals surface area contributed by atoms with Crippen LogP contribution < -0.4 is 5.32 Å². The van der Waals surface area contributed by atoms with Crippen molar-refractivity contribution >= 4 is 33.4 Å². The van der Waals surface area contributed by atoms with Crippen molar-refractivity contribution in [3.05, 3.63) is 33.8 Å². The van der Waals surface area contributed by atoms with Crippen LogP contribution in [0.1, 0.15) is 35.2 Å². The number of halogens is 2. The number of carbonyl (C=O) groups excluding carboxylic acids is 1. The van der Waals surface area contributed by atoms with E-state index in [2.05, 4.69) is 21.2 Å². The summed E-state index contributed by atoms with van der Waals surface area (Å²) in [6, 6.07) is 5.73. The molecule has 0 atom stereocenters. The molecule has 2 nitrogen and oxygen atoms in total. The van der Waals surface area contributed by atoms with Gasteiger partial charge in [-0.05, 0) is 43.9 Å². The number of aryl methyl sites for hydroxylation is 1. The molecule has 1 aliphatic carbocycles. The van der Waals surface area contributed by atoms with Crippen LogP contribution in [0.25, 0.3) is 0 Å². The van der Waals surface area contributed by atoms with E-state index < -0.39 is 0 Å². The predicted molar refractivity (Wildman–Crippen MR) is 73.6 cm³/mol. The van der Waals surface area contributed by atoms with Crippen molar-refractivity contribution in [2.45, 2.75) is 31.7 Å². The van der Waals surface area contributed by atoms with Gasteiger partial charge in [-0.3, -0.25) is 4.79 Å². The topological polar surface area (TPSA) is 29.1 Å². The van der Waals surface area contributed by atoms with Crippen LogP contribution in [0.4, 0.5) is 0 Å². The summed E-state index contributed by atoms with van der Waals surface area (Å²) in [6.07, 6.45) is 3.11. The molecule has 0 heterocycles. The maximum atomic E-state index is 12.2. The van der Waals surface area contributed by atoms with E-state index in [-0.39, 0.29) is 11.4 Å². The van der Waals surface area contributed by atoms with Crippen LogP contribution in [0.15, 0.2) is 22.7 Å². The minimum Gasteiger partial charge on any atom is -0.345 e.